The molecule has 1 rings (SSSR count). The summed E-state index contributed by atoms with van der Waals surface area (Å²) in [6.45, 7) is 1.77. The molecule has 0 saturated heterocycles. The summed E-state index contributed by atoms with van der Waals surface area (Å²) in [5.74, 6) is -1.04. The summed E-state index contributed by atoms with van der Waals surface area (Å²) in [5.41, 5.74) is 1.93. The highest BCUT2D eigenvalue weighted by molar-refractivity contribution is 5.93. The van der Waals surface area contributed by atoms with Gasteiger partial charge in [-0.05, 0) is 24.6 Å². The average molecular weight is 193 g/mol. The number of hydrogen-bond donors (Lipinski definition) is 2. The lowest BCUT2D eigenvalue weighted by atomic mass is 10.0. The minimum absolute atomic E-state index is 0.113. The number of carboxylic acid groups (broad SMARTS) is 1. The first-order valence-corrected chi connectivity index (χ1v) is 4.11. The highest BCUT2D eigenvalue weighted by atomic mass is 16.4. The summed E-state index contributed by atoms with van der Waals surface area (Å²) < 4.78 is 0. The molecule has 1 aromatic carbocycles. The van der Waals surface area contributed by atoms with Gasteiger partial charge in [0.25, 0.3) is 0 Å². The third-order valence-corrected chi connectivity index (χ3v) is 2.09. The van der Waals surface area contributed by atoms with Crippen LogP contribution in [0.3, 0.4) is 0 Å². The quantitative estimate of drug-likeness (QED) is 0.715. The first-order chi connectivity index (χ1) is 6.60. The van der Waals surface area contributed by atoms with Crippen molar-refractivity contribution in [1.29, 1.82) is 0 Å². The molecule has 0 saturated carbocycles. The smallest absolute Gasteiger partial charge is 0.335 e. The van der Waals surface area contributed by atoms with E-state index < -0.39 is 5.97 Å². The van der Waals surface area contributed by atoms with E-state index in [1.165, 1.54) is 12.1 Å². The van der Waals surface area contributed by atoms with Gasteiger partial charge in [-0.1, -0.05) is 0 Å². The Labute approximate surface area is 81.6 Å². The maximum absolute atomic E-state index is 10.7. The van der Waals surface area contributed by atoms with Gasteiger partial charge in [0.1, 0.15) is 6.29 Å². The zero-order valence-corrected chi connectivity index (χ0v) is 8.00. The maximum Gasteiger partial charge on any atom is 0.335 e. The molecule has 0 aromatic heterocycles. The van der Waals surface area contributed by atoms with Crippen LogP contribution in [0.1, 0.15) is 26.3 Å². The second-order valence-electron chi connectivity index (χ2n) is 2.91. The Morgan fingerprint density at radius 3 is 2.57 bits per heavy atom. The van der Waals surface area contributed by atoms with Crippen molar-refractivity contribution in [3.8, 4) is 0 Å². The lowest BCUT2D eigenvalue weighted by molar-refractivity contribution is 0.0697. The van der Waals surface area contributed by atoms with Crippen molar-refractivity contribution in [3.63, 3.8) is 0 Å². The van der Waals surface area contributed by atoms with Crippen molar-refractivity contribution in [2.75, 3.05) is 12.4 Å². The number of anilines is 1. The average Bonchev–Trinajstić information content (AvgIpc) is 2.17. The zero-order valence-electron chi connectivity index (χ0n) is 8.00. The molecule has 0 heterocycles. The van der Waals surface area contributed by atoms with Crippen LogP contribution in [0.15, 0.2) is 12.1 Å². The van der Waals surface area contributed by atoms with E-state index in [9.17, 15) is 9.59 Å². The van der Waals surface area contributed by atoms with Crippen LogP contribution in [-0.4, -0.2) is 24.4 Å². The molecule has 0 aliphatic heterocycles. The third-order valence-electron chi connectivity index (χ3n) is 2.09. The van der Waals surface area contributed by atoms with E-state index in [0.717, 1.165) is 5.56 Å². The molecule has 0 bridgehead atoms. The molecule has 1 aromatic rings. The Kier molecular flexibility index (Phi) is 2.86. The van der Waals surface area contributed by atoms with Crippen molar-refractivity contribution in [2.24, 2.45) is 0 Å². The van der Waals surface area contributed by atoms with Crippen molar-refractivity contribution >= 4 is 17.9 Å². The molecule has 0 unspecified atom stereocenters. The number of rotatable bonds is 3. The molecular formula is C10H11NO3. The Bertz CT molecular complexity index is 385. The summed E-state index contributed by atoms with van der Waals surface area (Å²) in [5, 5.41) is 11.6. The van der Waals surface area contributed by atoms with Crippen LogP contribution in [0.4, 0.5) is 5.69 Å². The van der Waals surface area contributed by atoms with Crippen molar-refractivity contribution in [1.82, 2.24) is 0 Å². The Balaban J connectivity index is 3.39. The summed E-state index contributed by atoms with van der Waals surface area (Å²) in [6.07, 6.45) is 0.655. The minimum Gasteiger partial charge on any atom is -0.478 e. The Hall–Kier alpha value is -1.84. The Morgan fingerprint density at radius 2 is 2.14 bits per heavy atom. The largest absolute Gasteiger partial charge is 0.478 e. The van der Waals surface area contributed by atoms with Crippen LogP contribution >= 0.6 is 0 Å². The maximum atomic E-state index is 10.7. The van der Waals surface area contributed by atoms with E-state index in [-0.39, 0.29) is 5.56 Å². The molecule has 14 heavy (non-hydrogen) atoms. The van der Waals surface area contributed by atoms with E-state index in [0.29, 0.717) is 17.5 Å². The molecule has 0 spiro atoms. The highest BCUT2D eigenvalue weighted by Gasteiger charge is 2.09. The fraction of sp³-hybridized carbons (Fsp3) is 0.200. The van der Waals surface area contributed by atoms with Gasteiger partial charge < -0.3 is 10.4 Å². The predicted octanol–water partition coefficient (Wildman–Crippen LogP) is 1.55. The van der Waals surface area contributed by atoms with Crippen LogP contribution in [0.2, 0.25) is 0 Å². The number of carbonyl (C=O) groups excluding carboxylic acids is 1. The van der Waals surface area contributed by atoms with Crippen LogP contribution in [-0.2, 0) is 0 Å². The standard InChI is InChI=1S/C10H11NO3/c1-6-8(5-12)3-7(10(13)14)4-9(6)11-2/h3-5,11H,1-2H3,(H,13,14). The monoisotopic (exact) mass is 193 g/mol. The number of carboxylic acids is 1. The van der Waals surface area contributed by atoms with Crippen molar-refractivity contribution in [2.45, 2.75) is 6.92 Å². The molecule has 0 aliphatic rings. The first kappa shape index (κ1) is 10.2. The molecule has 0 atom stereocenters. The molecule has 4 nitrogen and oxygen atoms in total. The highest BCUT2D eigenvalue weighted by Crippen LogP contribution is 2.20. The second-order valence-corrected chi connectivity index (χ2v) is 2.91. The normalized spacial score (nSPS) is 9.57. The molecule has 0 amide bonds. The van der Waals surface area contributed by atoms with Crippen LogP contribution in [0.25, 0.3) is 0 Å². The number of carbonyl (C=O) groups is 2. The summed E-state index contributed by atoms with van der Waals surface area (Å²) in [4.78, 5) is 21.4. The number of aromatic carboxylic acids is 1. The minimum atomic E-state index is -1.04. The van der Waals surface area contributed by atoms with Gasteiger partial charge in [-0.25, -0.2) is 4.79 Å². The van der Waals surface area contributed by atoms with Gasteiger partial charge in [-0.2, -0.15) is 0 Å². The predicted molar refractivity (Wildman–Crippen MR) is 53.1 cm³/mol. The summed E-state index contributed by atoms with van der Waals surface area (Å²) in [6, 6.07) is 2.87. The van der Waals surface area contributed by atoms with E-state index in [4.69, 9.17) is 5.11 Å². The van der Waals surface area contributed by atoms with Gasteiger partial charge in [-0.15, -0.1) is 0 Å². The van der Waals surface area contributed by atoms with Crippen LogP contribution in [0, 0.1) is 6.92 Å². The van der Waals surface area contributed by atoms with Crippen LogP contribution < -0.4 is 5.32 Å². The van der Waals surface area contributed by atoms with E-state index >= 15 is 0 Å². The number of nitrogens with one attached hydrogen (secondary N) is 1. The van der Waals surface area contributed by atoms with Gasteiger partial charge in [0, 0.05) is 18.3 Å². The van der Waals surface area contributed by atoms with E-state index in [2.05, 4.69) is 5.32 Å². The summed E-state index contributed by atoms with van der Waals surface area (Å²) in [7, 11) is 1.68. The van der Waals surface area contributed by atoms with Gasteiger partial charge in [0.15, 0.2) is 0 Å². The topological polar surface area (TPSA) is 66.4 Å². The molecule has 0 radical (unpaired) electrons. The lowest BCUT2D eigenvalue weighted by Crippen LogP contribution is -2.03. The third kappa shape index (κ3) is 1.74. The Morgan fingerprint density at radius 1 is 1.50 bits per heavy atom. The molecule has 4 heteroatoms. The number of hydrogen-bond acceptors (Lipinski definition) is 3. The molecule has 2 N–H and O–H groups in total. The van der Waals surface area contributed by atoms with E-state index in [1.54, 1.807) is 14.0 Å². The van der Waals surface area contributed by atoms with Gasteiger partial charge in [0.05, 0.1) is 5.56 Å². The summed E-state index contributed by atoms with van der Waals surface area (Å²) >= 11 is 0. The van der Waals surface area contributed by atoms with Gasteiger partial charge in [0.2, 0.25) is 0 Å². The van der Waals surface area contributed by atoms with Gasteiger partial charge >= 0.3 is 5.97 Å². The van der Waals surface area contributed by atoms with Crippen molar-refractivity contribution < 1.29 is 14.7 Å². The van der Waals surface area contributed by atoms with Gasteiger partial charge in [-0.3, -0.25) is 4.79 Å². The number of benzene rings is 1. The number of aldehydes is 1. The molecule has 74 valence electrons. The van der Waals surface area contributed by atoms with Crippen LogP contribution in [0.5, 0.6) is 0 Å². The molecular weight excluding hydrogens is 182 g/mol. The molecule has 0 aliphatic carbocycles. The molecule has 0 fully saturated rings. The first-order valence-electron chi connectivity index (χ1n) is 4.11. The zero-order chi connectivity index (χ0) is 10.7. The fourth-order valence-corrected chi connectivity index (χ4v) is 1.24. The lowest BCUT2D eigenvalue weighted by Gasteiger charge is -2.08. The SMILES string of the molecule is CNc1cc(C(=O)O)cc(C=O)c1C. The van der Waals surface area contributed by atoms with E-state index in [1.807, 2.05) is 0 Å². The fourth-order valence-electron chi connectivity index (χ4n) is 1.24. The second kappa shape index (κ2) is 3.91. The van der Waals surface area contributed by atoms with Crippen molar-refractivity contribution in [3.05, 3.63) is 28.8 Å².